The fraction of sp³-hybridized carbons (Fsp3) is 0.312. The van der Waals surface area contributed by atoms with Crippen LogP contribution in [0.5, 0.6) is 0 Å². The first-order valence-electron chi connectivity index (χ1n) is 7.11. The van der Waals surface area contributed by atoms with Crippen LogP contribution in [-0.2, 0) is 4.79 Å². The fourth-order valence-corrected chi connectivity index (χ4v) is 2.84. The molecule has 114 valence electrons. The van der Waals surface area contributed by atoms with E-state index in [1.54, 1.807) is 11.0 Å². The van der Waals surface area contributed by atoms with Crippen LogP contribution in [0.3, 0.4) is 0 Å². The zero-order valence-corrected chi connectivity index (χ0v) is 12.5. The van der Waals surface area contributed by atoms with Crippen molar-refractivity contribution < 1.29 is 9.90 Å². The molecule has 0 unspecified atom stereocenters. The van der Waals surface area contributed by atoms with Crippen LogP contribution in [0.15, 0.2) is 48.8 Å². The van der Waals surface area contributed by atoms with E-state index in [2.05, 4.69) is 10.1 Å². The van der Waals surface area contributed by atoms with E-state index in [4.69, 9.17) is 0 Å². The van der Waals surface area contributed by atoms with E-state index in [0.29, 0.717) is 6.42 Å². The van der Waals surface area contributed by atoms with Gasteiger partial charge in [0.25, 0.3) is 0 Å². The summed E-state index contributed by atoms with van der Waals surface area (Å²) in [4.78, 5) is 17.8. The van der Waals surface area contributed by atoms with E-state index in [9.17, 15) is 9.90 Å². The van der Waals surface area contributed by atoms with Crippen LogP contribution in [-0.4, -0.2) is 39.7 Å². The molecule has 22 heavy (non-hydrogen) atoms. The predicted molar refractivity (Wildman–Crippen MR) is 82.9 cm³/mol. The molecule has 1 heterocycles. The third kappa shape index (κ3) is 2.59. The third-order valence-corrected chi connectivity index (χ3v) is 3.97. The van der Waals surface area contributed by atoms with Crippen molar-refractivity contribution in [3.8, 4) is 0 Å². The van der Waals surface area contributed by atoms with Crippen molar-refractivity contribution in [2.75, 3.05) is 19.0 Å². The number of nitrogens with zero attached hydrogens (tertiary/aromatic N) is 4. The van der Waals surface area contributed by atoms with Crippen molar-refractivity contribution >= 4 is 11.5 Å². The van der Waals surface area contributed by atoms with Gasteiger partial charge in [0.15, 0.2) is 5.78 Å². The summed E-state index contributed by atoms with van der Waals surface area (Å²) in [6, 6.07) is 7.61. The summed E-state index contributed by atoms with van der Waals surface area (Å²) >= 11 is 0. The maximum atomic E-state index is 11.9. The second-order valence-corrected chi connectivity index (χ2v) is 5.65. The molecule has 6 heteroatoms. The zero-order valence-electron chi connectivity index (χ0n) is 12.5. The van der Waals surface area contributed by atoms with Crippen molar-refractivity contribution in [3.05, 3.63) is 54.3 Å². The molecular weight excluding hydrogens is 280 g/mol. The quantitative estimate of drug-likeness (QED) is 0.939. The van der Waals surface area contributed by atoms with Crippen LogP contribution in [0.2, 0.25) is 0 Å². The number of benzene rings is 1. The lowest BCUT2D eigenvalue weighted by molar-refractivity contribution is -0.116. The van der Waals surface area contributed by atoms with Gasteiger partial charge in [0.1, 0.15) is 24.5 Å². The Hall–Kier alpha value is -2.63. The molecule has 1 aliphatic rings. The Bertz CT molecular complexity index is 689. The fourth-order valence-electron chi connectivity index (χ4n) is 2.84. The monoisotopic (exact) mass is 298 g/mol. The predicted octanol–water partition coefficient (Wildman–Crippen LogP) is 2.08. The van der Waals surface area contributed by atoms with Crippen molar-refractivity contribution in [1.82, 2.24) is 14.8 Å². The van der Waals surface area contributed by atoms with E-state index >= 15 is 0 Å². The molecule has 2 atom stereocenters. The summed E-state index contributed by atoms with van der Waals surface area (Å²) in [5, 5.41) is 14.4. The van der Waals surface area contributed by atoms with Gasteiger partial charge in [0, 0.05) is 38.2 Å². The summed E-state index contributed by atoms with van der Waals surface area (Å²) in [7, 11) is 3.96. The zero-order chi connectivity index (χ0) is 15.7. The van der Waals surface area contributed by atoms with Crippen LogP contribution >= 0.6 is 0 Å². The van der Waals surface area contributed by atoms with E-state index in [-0.39, 0.29) is 17.5 Å². The molecule has 0 saturated heterocycles. The molecule has 1 aromatic carbocycles. The Labute approximate surface area is 128 Å². The van der Waals surface area contributed by atoms with Gasteiger partial charge in [-0.3, -0.25) is 4.79 Å². The number of hydrogen-bond donors (Lipinski definition) is 1. The number of carbonyl (C=O) groups is 1. The van der Waals surface area contributed by atoms with Gasteiger partial charge >= 0.3 is 0 Å². The molecule has 3 rings (SSSR count). The average molecular weight is 298 g/mol. The van der Waals surface area contributed by atoms with Crippen molar-refractivity contribution in [2.45, 2.75) is 18.4 Å². The van der Waals surface area contributed by atoms with Crippen molar-refractivity contribution in [2.24, 2.45) is 0 Å². The number of ketones is 1. The lowest BCUT2D eigenvalue weighted by Gasteiger charge is -2.29. The Morgan fingerprint density at radius 1 is 1.27 bits per heavy atom. The summed E-state index contributed by atoms with van der Waals surface area (Å²) in [6.45, 7) is 0. The number of rotatable bonds is 3. The van der Waals surface area contributed by atoms with Crippen LogP contribution in [0, 0.1) is 0 Å². The highest BCUT2D eigenvalue weighted by atomic mass is 16.3. The number of hydrogen-bond acceptors (Lipinski definition) is 5. The normalized spacial score (nSPS) is 21.5. The largest absolute Gasteiger partial charge is 0.510 e. The number of aromatic nitrogens is 3. The van der Waals surface area contributed by atoms with Gasteiger partial charge in [-0.2, -0.15) is 5.10 Å². The minimum atomic E-state index is -0.398. The van der Waals surface area contributed by atoms with Gasteiger partial charge in [0.05, 0.1) is 0 Å². The molecule has 1 N–H and O–H groups in total. The number of carbonyl (C=O) groups excluding carboxylic acids is 1. The topological polar surface area (TPSA) is 71.2 Å². The van der Waals surface area contributed by atoms with Crippen LogP contribution in [0.25, 0.3) is 0 Å². The number of aliphatic hydroxyl groups excluding tert-OH is 1. The average Bonchev–Trinajstić information content (AvgIpc) is 3.00. The molecule has 1 aromatic heterocycles. The first-order chi connectivity index (χ1) is 10.6. The third-order valence-electron chi connectivity index (χ3n) is 3.97. The summed E-state index contributed by atoms with van der Waals surface area (Å²) < 4.78 is 1.60. The summed E-state index contributed by atoms with van der Waals surface area (Å²) in [5.41, 5.74) is 2.09. The smallest absolute Gasteiger partial charge is 0.159 e. The van der Waals surface area contributed by atoms with Gasteiger partial charge in [-0.25, -0.2) is 9.67 Å². The second-order valence-electron chi connectivity index (χ2n) is 5.65. The van der Waals surface area contributed by atoms with Crippen molar-refractivity contribution in [3.63, 3.8) is 0 Å². The first-order valence-corrected chi connectivity index (χ1v) is 7.11. The Balaban J connectivity index is 1.99. The minimum absolute atomic E-state index is 0.0310. The molecule has 6 nitrogen and oxygen atoms in total. The summed E-state index contributed by atoms with van der Waals surface area (Å²) in [6.07, 6.45) is 4.62. The van der Waals surface area contributed by atoms with Crippen molar-refractivity contribution in [1.29, 1.82) is 0 Å². The number of allylic oxidation sites excluding steroid dienone is 2. The van der Waals surface area contributed by atoms with E-state index in [1.165, 1.54) is 12.4 Å². The maximum Gasteiger partial charge on any atom is 0.159 e. The maximum absolute atomic E-state index is 11.9. The first kappa shape index (κ1) is 14.3. The molecule has 0 radical (unpaired) electrons. The molecule has 0 spiro atoms. The Morgan fingerprint density at radius 2 is 2.00 bits per heavy atom. The molecule has 1 aliphatic carbocycles. The molecule has 0 aliphatic heterocycles. The standard InChI is InChI=1S/C16H18N4O2/c1-19(2)12-5-3-11(4-6-12)14-7-13(21)8-15(22)16(14)20-10-17-9-18-20/h3-6,8-10,14,16,22H,7H2,1-2H3/t14-,16+/m0/s1. The molecule has 0 amide bonds. The van der Waals surface area contributed by atoms with Gasteiger partial charge in [-0.15, -0.1) is 0 Å². The number of aliphatic hydroxyl groups is 1. The molecule has 2 aromatic rings. The minimum Gasteiger partial charge on any atom is -0.510 e. The van der Waals surface area contributed by atoms with Crippen LogP contribution in [0.1, 0.15) is 23.9 Å². The lowest BCUT2D eigenvalue weighted by atomic mass is 9.82. The highest BCUT2D eigenvalue weighted by Crippen LogP contribution is 2.39. The molecule has 0 fully saturated rings. The molecular formula is C16H18N4O2. The molecule has 0 saturated carbocycles. The van der Waals surface area contributed by atoms with Gasteiger partial charge in [-0.1, -0.05) is 12.1 Å². The number of anilines is 1. The van der Waals surface area contributed by atoms with Gasteiger partial charge < -0.3 is 10.0 Å². The van der Waals surface area contributed by atoms with Gasteiger partial charge in [0.2, 0.25) is 0 Å². The highest BCUT2D eigenvalue weighted by Gasteiger charge is 2.34. The van der Waals surface area contributed by atoms with E-state index in [0.717, 1.165) is 11.3 Å². The Morgan fingerprint density at radius 3 is 2.59 bits per heavy atom. The van der Waals surface area contributed by atoms with E-state index < -0.39 is 6.04 Å². The van der Waals surface area contributed by atoms with Crippen LogP contribution < -0.4 is 4.90 Å². The Kier molecular flexibility index (Phi) is 3.66. The highest BCUT2D eigenvalue weighted by molar-refractivity contribution is 5.92. The van der Waals surface area contributed by atoms with Gasteiger partial charge in [-0.05, 0) is 17.7 Å². The van der Waals surface area contributed by atoms with E-state index in [1.807, 2.05) is 43.3 Å². The SMILES string of the molecule is CN(C)c1ccc([C@@H]2CC(=O)C=C(O)[C@@H]2n2cncn2)cc1. The molecule has 0 bridgehead atoms. The summed E-state index contributed by atoms with van der Waals surface area (Å²) in [5.74, 6) is -0.200. The van der Waals surface area contributed by atoms with Crippen LogP contribution in [0.4, 0.5) is 5.69 Å². The second kappa shape index (κ2) is 5.63. The lowest BCUT2D eigenvalue weighted by Crippen LogP contribution is -2.27.